The van der Waals surface area contributed by atoms with Crippen LogP contribution in [0.2, 0.25) is 0 Å². The van der Waals surface area contributed by atoms with E-state index in [2.05, 4.69) is 170 Å². The fourth-order valence-electron chi connectivity index (χ4n) is 9.47. The third-order valence-electron chi connectivity index (χ3n) is 11.8. The molecule has 0 saturated carbocycles. The van der Waals surface area contributed by atoms with Crippen LogP contribution in [0.25, 0.3) is 72.5 Å². The highest BCUT2D eigenvalue weighted by molar-refractivity contribution is 6.19. The van der Waals surface area contributed by atoms with Gasteiger partial charge >= 0.3 is 5.71 Å². The molecule has 6 heterocycles. The zero-order valence-electron chi connectivity index (χ0n) is 29.2. The van der Waals surface area contributed by atoms with E-state index < -0.39 is 5.41 Å². The molecule has 0 amide bonds. The molecule has 1 aliphatic carbocycles. The van der Waals surface area contributed by atoms with Crippen molar-refractivity contribution in [2.45, 2.75) is 5.41 Å². The van der Waals surface area contributed by atoms with Gasteiger partial charge in [-0.25, -0.2) is 0 Å². The fourth-order valence-corrected chi connectivity index (χ4v) is 9.47. The first-order valence-corrected chi connectivity index (χ1v) is 18.5. The molecule has 4 aromatic heterocycles. The van der Waals surface area contributed by atoms with Crippen LogP contribution in [0, 0.1) is 0 Å². The van der Waals surface area contributed by atoms with E-state index in [1.54, 1.807) is 0 Å². The van der Waals surface area contributed by atoms with E-state index in [1.165, 1.54) is 66.1 Å². The number of aromatic amines is 2. The van der Waals surface area contributed by atoms with Crippen LogP contribution in [0.5, 0.6) is 0 Å². The molecule has 54 heavy (non-hydrogen) atoms. The van der Waals surface area contributed by atoms with Crippen molar-refractivity contribution in [3.63, 3.8) is 0 Å². The Bertz CT molecular complexity index is 3120. The lowest BCUT2D eigenvalue weighted by atomic mass is 9.71. The third-order valence-corrected chi connectivity index (χ3v) is 11.8. The SMILES string of the molecule is C1=CC(C2(c3ccc[nH]3)c3ccccc3-c3cc4c(cc32)c2ccccc2n4-c2ccc(-c3ccc(-n4c5c(c6cc[nH]c64)C=CCN5)cc3)cc2)=[N+]=C1. The number of rotatable bonds is 5. The van der Waals surface area contributed by atoms with Gasteiger partial charge in [-0.3, -0.25) is 4.57 Å². The number of nitrogens with one attached hydrogen (secondary N) is 3. The van der Waals surface area contributed by atoms with Gasteiger partial charge in [0.15, 0.2) is 5.41 Å². The van der Waals surface area contributed by atoms with E-state index in [1.807, 2.05) is 24.7 Å². The summed E-state index contributed by atoms with van der Waals surface area (Å²) >= 11 is 0. The van der Waals surface area contributed by atoms with Crippen LogP contribution in [0.4, 0.5) is 5.82 Å². The predicted molar refractivity (Wildman–Crippen MR) is 223 cm³/mol. The summed E-state index contributed by atoms with van der Waals surface area (Å²) in [7, 11) is 0. The van der Waals surface area contributed by atoms with Crippen LogP contribution in [-0.2, 0) is 5.41 Å². The van der Waals surface area contributed by atoms with E-state index in [0.717, 1.165) is 40.8 Å². The minimum atomic E-state index is -0.546. The molecule has 0 spiro atoms. The molecule has 254 valence electrons. The molecular weight excluding hydrogens is 661 g/mol. The molecule has 12 rings (SSSR count). The van der Waals surface area contributed by atoms with E-state index in [-0.39, 0.29) is 0 Å². The Morgan fingerprint density at radius 3 is 2.19 bits per heavy atom. The minimum Gasteiger partial charge on any atom is -0.367 e. The van der Waals surface area contributed by atoms with Gasteiger partial charge in [0, 0.05) is 69.9 Å². The Balaban J connectivity index is 0.993. The largest absolute Gasteiger partial charge is 0.367 e. The molecule has 5 aromatic carbocycles. The Hall–Kier alpha value is -7.27. The molecule has 0 radical (unpaired) electrons. The quantitative estimate of drug-likeness (QED) is 0.154. The number of nitrogens with zero attached hydrogens (tertiary/aromatic N) is 3. The van der Waals surface area contributed by atoms with Gasteiger partial charge in [-0.05, 0) is 94.0 Å². The summed E-state index contributed by atoms with van der Waals surface area (Å²) in [5, 5.41) is 7.27. The Kier molecular flexibility index (Phi) is 5.90. The number of para-hydroxylation sites is 1. The molecule has 9 aromatic rings. The predicted octanol–water partition coefficient (Wildman–Crippen LogP) is 9.95. The van der Waals surface area contributed by atoms with Gasteiger partial charge < -0.3 is 19.9 Å². The van der Waals surface area contributed by atoms with Crippen molar-refractivity contribution in [1.82, 2.24) is 23.8 Å². The molecule has 6 nitrogen and oxygen atoms in total. The first-order chi connectivity index (χ1) is 26.8. The van der Waals surface area contributed by atoms with Crippen LogP contribution in [0.1, 0.15) is 22.4 Å². The van der Waals surface area contributed by atoms with Crippen molar-refractivity contribution < 1.29 is 0 Å². The molecular formula is C48H33N6+. The lowest BCUT2D eigenvalue weighted by Crippen LogP contribution is -2.36. The number of fused-ring (bicyclic) bond motifs is 9. The van der Waals surface area contributed by atoms with Crippen LogP contribution in [0.3, 0.4) is 0 Å². The highest BCUT2D eigenvalue weighted by Gasteiger charge is 2.54. The van der Waals surface area contributed by atoms with Crippen molar-refractivity contribution in [2.24, 2.45) is 0 Å². The van der Waals surface area contributed by atoms with Crippen LogP contribution >= 0.6 is 0 Å². The van der Waals surface area contributed by atoms with E-state index >= 15 is 0 Å². The fraction of sp³-hybridized carbons (Fsp3) is 0.0417. The molecule has 0 saturated heterocycles. The molecule has 6 heteroatoms. The first kappa shape index (κ1) is 29.3. The van der Waals surface area contributed by atoms with Gasteiger partial charge in [0.05, 0.1) is 11.0 Å². The Labute approximate surface area is 310 Å². The number of aromatic nitrogens is 4. The molecule has 2 aliphatic heterocycles. The highest BCUT2D eigenvalue weighted by atomic mass is 15.2. The van der Waals surface area contributed by atoms with Gasteiger partial charge in [0.1, 0.15) is 11.5 Å². The summed E-state index contributed by atoms with van der Waals surface area (Å²) < 4.78 is 9.68. The summed E-state index contributed by atoms with van der Waals surface area (Å²) in [4.78, 5) is 7.05. The van der Waals surface area contributed by atoms with E-state index in [9.17, 15) is 0 Å². The van der Waals surface area contributed by atoms with Crippen LogP contribution < -0.4 is 9.98 Å². The zero-order valence-corrected chi connectivity index (χ0v) is 29.2. The van der Waals surface area contributed by atoms with Crippen molar-refractivity contribution in [3.05, 3.63) is 180 Å². The molecule has 0 fully saturated rings. The maximum Gasteiger partial charge on any atom is 0.324 e. The average molecular weight is 694 g/mol. The van der Waals surface area contributed by atoms with Gasteiger partial charge in [-0.15, -0.1) is 0 Å². The van der Waals surface area contributed by atoms with Gasteiger partial charge in [-0.1, -0.05) is 83.6 Å². The van der Waals surface area contributed by atoms with Gasteiger partial charge in [0.2, 0.25) is 0 Å². The summed E-state index contributed by atoms with van der Waals surface area (Å²) in [5.74, 6) is 1.13. The summed E-state index contributed by atoms with van der Waals surface area (Å²) in [6, 6.07) is 46.8. The molecule has 3 N–H and O–H groups in total. The van der Waals surface area contributed by atoms with E-state index in [0.29, 0.717) is 0 Å². The monoisotopic (exact) mass is 693 g/mol. The van der Waals surface area contributed by atoms with Crippen molar-refractivity contribution in [2.75, 3.05) is 11.9 Å². The Morgan fingerprint density at radius 1 is 0.593 bits per heavy atom. The lowest BCUT2D eigenvalue weighted by Gasteiger charge is -2.25. The third kappa shape index (κ3) is 3.82. The topological polar surface area (TPSA) is 67.6 Å². The normalized spacial score (nSPS) is 16.6. The summed E-state index contributed by atoms with van der Waals surface area (Å²) in [6.45, 7) is 0.826. The van der Waals surface area contributed by atoms with Gasteiger partial charge in [-0.2, -0.15) is 0 Å². The number of anilines is 1. The minimum absolute atomic E-state index is 0.546. The first-order valence-electron chi connectivity index (χ1n) is 18.5. The van der Waals surface area contributed by atoms with Crippen LogP contribution in [0.15, 0.2) is 158 Å². The number of hydrogen-bond donors (Lipinski definition) is 3. The Morgan fingerprint density at radius 2 is 1.39 bits per heavy atom. The number of allylic oxidation sites excluding steroid dienone is 2. The van der Waals surface area contributed by atoms with Crippen LogP contribution in [-0.4, -0.2) is 37.6 Å². The standard InChI is InChI=1S/C48H32N6/c1-3-11-40-34(8-1)38-29-43-39(28-41(38)48(40,44-13-6-24-49-44)45-14-7-25-50-45)35-9-2-4-12-42(35)53(43)32-19-15-30(16-20-32)31-17-21-33(22-18-31)54-46-36(10-5-26-51-46)37-23-27-52-47(37)54/h1-25,27-29,49-50H,26H2/p+1. The van der Waals surface area contributed by atoms with Gasteiger partial charge in [0.25, 0.3) is 6.21 Å². The molecule has 1 atom stereocenters. The molecule has 1 unspecified atom stereocenters. The van der Waals surface area contributed by atoms with Crippen molar-refractivity contribution in [3.8, 4) is 33.6 Å². The average Bonchev–Trinajstić information content (AvgIpc) is 4.09. The maximum absolute atomic E-state index is 4.96. The number of benzene rings is 5. The second-order valence-electron chi connectivity index (χ2n) is 14.4. The van der Waals surface area contributed by atoms with Crippen molar-refractivity contribution in [1.29, 1.82) is 0 Å². The van der Waals surface area contributed by atoms with E-state index in [4.69, 9.17) is 4.67 Å². The zero-order chi connectivity index (χ0) is 35.4. The van der Waals surface area contributed by atoms with Crippen molar-refractivity contribution >= 4 is 56.7 Å². The second-order valence-corrected chi connectivity index (χ2v) is 14.4. The number of H-pyrrole nitrogens is 2. The highest BCUT2D eigenvalue weighted by Crippen LogP contribution is 2.55. The number of hydrogen-bond acceptors (Lipinski definition) is 1. The lowest BCUT2D eigenvalue weighted by molar-refractivity contribution is 0.826. The second kappa shape index (κ2) is 10.9. The molecule has 0 bridgehead atoms. The maximum atomic E-state index is 4.96. The summed E-state index contributed by atoms with van der Waals surface area (Å²) in [6.07, 6.45) is 14.6. The smallest absolute Gasteiger partial charge is 0.324 e. The molecule has 3 aliphatic rings. The summed E-state index contributed by atoms with van der Waals surface area (Å²) in [5.41, 5.74) is 15.9.